The predicted molar refractivity (Wildman–Crippen MR) is 95.2 cm³/mol. The Hall–Kier alpha value is -2.69. The molecule has 0 radical (unpaired) electrons. The van der Waals surface area contributed by atoms with Crippen molar-refractivity contribution < 1.29 is 4.79 Å². The van der Waals surface area contributed by atoms with Gasteiger partial charge in [0.25, 0.3) is 5.91 Å². The van der Waals surface area contributed by atoms with Crippen molar-refractivity contribution in [1.82, 2.24) is 20.1 Å². The molecule has 0 aliphatic heterocycles. The van der Waals surface area contributed by atoms with Gasteiger partial charge in [-0.15, -0.1) is 0 Å². The number of pyridine rings is 1. The number of nitrogens with zero attached hydrogens (tertiary/aromatic N) is 3. The molecule has 0 bridgehead atoms. The molecule has 5 nitrogen and oxygen atoms in total. The predicted octanol–water partition coefficient (Wildman–Crippen LogP) is 3.20. The first-order valence-electron chi connectivity index (χ1n) is 8.08. The van der Waals surface area contributed by atoms with Gasteiger partial charge in [0, 0.05) is 30.9 Å². The number of carbonyl (C=O) groups is 1. The van der Waals surface area contributed by atoms with Crippen LogP contribution in [0.15, 0.2) is 30.6 Å². The van der Waals surface area contributed by atoms with E-state index in [0.717, 1.165) is 39.7 Å². The van der Waals surface area contributed by atoms with Crippen molar-refractivity contribution in [3.63, 3.8) is 0 Å². The molecule has 0 aliphatic rings. The summed E-state index contributed by atoms with van der Waals surface area (Å²) in [6.45, 7) is 6.70. The van der Waals surface area contributed by atoms with E-state index in [0.29, 0.717) is 6.54 Å². The number of carbonyl (C=O) groups excluding carboxylic acids is 1. The number of hydrogen-bond donors (Lipinski definition) is 1. The Morgan fingerprint density at radius 1 is 1.25 bits per heavy atom. The summed E-state index contributed by atoms with van der Waals surface area (Å²) in [7, 11) is 1.84. The van der Waals surface area contributed by atoms with E-state index in [1.807, 2.05) is 32.3 Å². The highest BCUT2D eigenvalue weighted by Crippen LogP contribution is 2.24. The van der Waals surface area contributed by atoms with Gasteiger partial charge in [0.15, 0.2) is 0 Å². The van der Waals surface area contributed by atoms with Crippen LogP contribution in [0.3, 0.4) is 0 Å². The van der Waals surface area contributed by atoms with Gasteiger partial charge < -0.3 is 4.90 Å². The Morgan fingerprint density at radius 3 is 2.75 bits per heavy atom. The number of aromatic amines is 1. The zero-order valence-corrected chi connectivity index (χ0v) is 14.6. The second kappa shape index (κ2) is 6.43. The van der Waals surface area contributed by atoms with E-state index in [2.05, 4.69) is 35.1 Å². The topological polar surface area (TPSA) is 61.9 Å². The molecule has 0 fully saturated rings. The number of H-pyrrole nitrogens is 1. The first-order chi connectivity index (χ1) is 11.5. The largest absolute Gasteiger partial charge is 0.341 e. The molecule has 2 aromatic heterocycles. The molecule has 0 spiro atoms. The average Bonchev–Trinajstić information content (AvgIpc) is 3.08. The maximum atomic E-state index is 12.9. The molecule has 24 heavy (non-hydrogen) atoms. The highest BCUT2D eigenvalue weighted by molar-refractivity contribution is 6.06. The second-order valence-electron chi connectivity index (χ2n) is 6.30. The number of aromatic nitrogens is 3. The van der Waals surface area contributed by atoms with Gasteiger partial charge in [0.1, 0.15) is 0 Å². The van der Waals surface area contributed by atoms with E-state index in [4.69, 9.17) is 0 Å². The summed E-state index contributed by atoms with van der Waals surface area (Å²) in [6.07, 6.45) is 4.42. The fourth-order valence-corrected chi connectivity index (χ4v) is 2.85. The molecule has 5 heteroatoms. The molecular formula is C19H22N4O. The summed E-state index contributed by atoms with van der Waals surface area (Å²) in [4.78, 5) is 19.3. The van der Waals surface area contributed by atoms with Gasteiger partial charge in [0.2, 0.25) is 0 Å². The minimum absolute atomic E-state index is 0.0252. The number of hydrogen-bond acceptors (Lipinski definition) is 3. The van der Waals surface area contributed by atoms with Gasteiger partial charge in [-0.2, -0.15) is 5.10 Å². The molecule has 2 heterocycles. The summed E-state index contributed by atoms with van der Waals surface area (Å²) in [6, 6.07) is 5.94. The van der Waals surface area contributed by atoms with E-state index in [1.165, 1.54) is 5.56 Å². The normalized spacial score (nSPS) is 11.0. The Bertz CT molecular complexity index is 884. The average molecular weight is 322 g/mol. The fraction of sp³-hybridized carbons (Fsp3) is 0.316. The lowest BCUT2D eigenvalue weighted by Gasteiger charge is -2.19. The van der Waals surface area contributed by atoms with Crippen molar-refractivity contribution in [3.05, 3.63) is 58.5 Å². The molecule has 3 aromatic rings. The molecule has 124 valence electrons. The molecular weight excluding hydrogens is 300 g/mol. The molecule has 1 N–H and O–H groups in total. The molecule has 1 aromatic carbocycles. The second-order valence-corrected chi connectivity index (χ2v) is 6.30. The Kier molecular flexibility index (Phi) is 4.34. The van der Waals surface area contributed by atoms with Crippen molar-refractivity contribution in [2.75, 3.05) is 13.6 Å². The molecule has 0 aliphatic carbocycles. The van der Waals surface area contributed by atoms with Gasteiger partial charge >= 0.3 is 0 Å². The smallest absolute Gasteiger partial charge is 0.254 e. The third-order valence-corrected chi connectivity index (χ3v) is 4.50. The van der Waals surface area contributed by atoms with Crippen LogP contribution in [-0.4, -0.2) is 39.6 Å². The third kappa shape index (κ3) is 3.02. The van der Waals surface area contributed by atoms with E-state index < -0.39 is 0 Å². The number of amides is 1. The number of aryl methyl sites for hydroxylation is 3. The van der Waals surface area contributed by atoms with E-state index in [9.17, 15) is 4.79 Å². The Balaban J connectivity index is 1.93. The van der Waals surface area contributed by atoms with Crippen LogP contribution in [0.1, 0.15) is 32.7 Å². The first-order valence-corrected chi connectivity index (χ1v) is 8.08. The quantitative estimate of drug-likeness (QED) is 0.802. The lowest BCUT2D eigenvalue weighted by Crippen LogP contribution is -2.29. The molecule has 0 saturated heterocycles. The number of nitrogens with one attached hydrogen (secondary N) is 1. The van der Waals surface area contributed by atoms with E-state index in [-0.39, 0.29) is 5.91 Å². The summed E-state index contributed by atoms with van der Waals surface area (Å²) in [5.74, 6) is 0.0252. The summed E-state index contributed by atoms with van der Waals surface area (Å²) in [5, 5.41) is 7.65. The third-order valence-electron chi connectivity index (χ3n) is 4.50. The monoisotopic (exact) mass is 322 g/mol. The summed E-state index contributed by atoms with van der Waals surface area (Å²) in [5.41, 5.74) is 5.91. The van der Waals surface area contributed by atoms with Crippen LogP contribution in [0.25, 0.3) is 10.9 Å². The maximum Gasteiger partial charge on any atom is 0.254 e. The summed E-state index contributed by atoms with van der Waals surface area (Å²) < 4.78 is 0. The maximum absolute atomic E-state index is 12.9. The lowest BCUT2D eigenvalue weighted by molar-refractivity contribution is 0.0798. The van der Waals surface area contributed by atoms with Crippen LogP contribution in [0.4, 0.5) is 0 Å². The van der Waals surface area contributed by atoms with Crippen molar-refractivity contribution in [3.8, 4) is 0 Å². The van der Waals surface area contributed by atoms with Gasteiger partial charge in [-0.05, 0) is 49.9 Å². The fourth-order valence-electron chi connectivity index (χ4n) is 2.85. The van der Waals surface area contributed by atoms with Crippen LogP contribution in [0.5, 0.6) is 0 Å². The van der Waals surface area contributed by atoms with Crippen LogP contribution in [-0.2, 0) is 6.42 Å². The van der Waals surface area contributed by atoms with Crippen LogP contribution in [0.2, 0.25) is 0 Å². The number of fused-ring (bicyclic) bond motifs is 1. The van der Waals surface area contributed by atoms with Crippen molar-refractivity contribution >= 4 is 16.8 Å². The van der Waals surface area contributed by atoms with Gasteiger partial charge in [0.05, 0.1) is 17.3 Å². The Morgan fingerprint density at radius 2 is 2.04 bits per heavy atom. The number of benzene rings is 1. The minimum atomic E-state index is 0.0252. The number of likely N-dealkylation sites (N-methyl/N-ethyl adjacent to an activating group) is 1. The van der Waals surface area contributed by atoms with Gasteiger partial charge in [-0.25, -0.2) is 0 Å². The van der Waals surface area contributed by atoms with Crippen LogP contribution >= 0.6 is 0 Å². The van der Waals surface area contributed by atoms with E-state index in [1.54, 1.807) is 11.1 Å². The first kappa shape index (κ1) is 16.2. The van der Waals surface area contributed by atoms with E-state index >= 15 is 0 Å². The summed E-state index contributed by atoms with van der Waals surface area (Å²) >= 11 is 0. The Labute approximate surface area is 141 Å². The molecule has 3 rings (SSSR count). The van der Waals surface area contributed by atoms with Gasteiger partial charge in [-0.3, -0.25) is 14.9 Å². The van der Waals surface area contributed by atoms with Crippen molar-refractivity contribution in [2.24, 2.45) is 0 Å². The molecule has 0 unspecified atom stereocenters. The van der Waals surface area contributed by atoms with Gasteiger partial charge in [-0.1, -0.05) is 12.1 Å². The lowest BCUT2D eigenvalue weighted by atomic mass is 10.0. The highest BCUT2D eigenvalue weighted by atomic mass is 16.2. The molecule has 0 saturated carbocycles. The van der Waals surface area contributed by atoms with Crippen LogP contribution in [0, 0.1) is 20.8 Å². The zero-order valence-electron chi connectivity index (χ0n) is 14.6. The minimum Gasteiger partial charge on any atom is -0.341 e. The van der Waals surface area contributed by atoms with Crippen molar-refractivity contribution in [2.45, 2.75) is 27.2 Å². The zero-order chi connectivity index (χ0) is 17.3. The molecule has 0 atom stereocenters. The number of rotatable bonds is 4. The standard InChI is InChI=1S/C19H22N4O/c1-12-5-6-16-17(9-13(2)22-18(16)14(12)3)19(24)23(4)8-7-15-10-20-21-11-15/h5-6,9-11H,7-8H2,1-4H3,(H,20,21). The SMILES string of the molecule is Cc1cc(C(=O)N(C)CCc2cn[nH]c2)c2ccc(C)c(C)c2n1. The van der Waals surface area contributed by atoms with Crippen molar-refractivity contribution in [1.29, 1.82) is 0 Å². The highest BCUT2D eigenvalue weighted by Gasteiger charge is 2.17. The van der Waals surface area contributed by atoms with Crippen LogP contribution < -0.4 is 0 Å². The molecule has 1 amide bonds.